The van der Waals surface area contributed by atoms with E-state index in [0.29, 0.717) is 6.54 Å². The first-order chi connectivity index (χ1) is 8.88. The highest BCUT2D eigenvalue weighted by atomic mass is 32.2. The summed E-state index contributed by atoms with van der Waals surface area (Å²) in [6.45, 7) is 2.54. The molecule has 19 heavy (non-hydrogen) atoms. The van der Waals surface area contributed by atoms with E-state index < -0.39 is 16.0 Å². The van der Waals surface area contributed by atoms with E-state index in [4.69, 9.17) is 5.11 Å². The molecule has 1 heterocycles. The highest BCUT2D eigenvalue weighted by molar-refractivity contribution is 7.89. The number of carbonyl (C=O) groups is 1. The van der Waals surface area contributed by atoms with Gasteiger partial charge < -0.3 is 5.11 Å². The Morgan fingerprint density at radius 1 is 1.53 bits per heavy atom. The monoisotopic (exact) mass is 303 g/mol. The van der Waals surface area contributed by atoms with Gasteiger partial charge in [0.2, 0.25) is 10.0 Å². The molecule has 1 aliphatic rings. The van der Waals surface area contributed by atoms with Crippen molar-refractivity contribution in [3.05, 3.63) is 16.3 Å². The van der Waals surface area contributed by atoms with Crippen molar-refractivity contribution in [1.82, 2.24) is 4.72 Å². The zero-order valence-corrected chi connectivity index (χ0v) is 12.3. The Balaban J connectivity index is 2.03. The fourth-order valence-electron chi connectivity index (χ4n) is 2.13. The first kappa shape index (κ1) is 14.5. The number of sulfonamides is 1. The summed E-state index contributed by atoms with van der Waals surface area (Å²) in [6, 6.07) is 1.20. The van der Waals surface area contributed by atoms with E-state index in [1.165, 1.54) is 11.4 Å². The van der Waals surface area contributed by atoms with Gasteiger partial charge in [-0.05, 0) is 30.7 Å². The molecule has 0 bridgehead atoms. The van der Waals surface area contributed by atoms with Crippen molar-refractivity contribution in [3.8, 4) is 0 Å². The van der Waals surface area contributed by atoms with Crippen molar-refractivity contribution in [3.63, 3.8) is 0 Å². The molecule has 0 aromatic carbocycles. The van der Waals surface area contributed by atoms with Crippen LogP contribution in [0, 0.1) is 5.41 Å². The Bertz CT molecular complexity index is 572. The Kier molecular flexibility index (Phi) is 3.98. The van der Waals surface area contributed by atoms with Crippen molar-refractivity contribution in [2.45, 2.75) is 37.5 Å². The molecule has 0 unspecified atom stereocenters. The van der Waals surface area contributed by atoms with Gasteiger partial charge in [-0.3, -0.25) is 0 Å². The number of carboxylic acids is 1. The van der Waals surface area contributed by atoms with Crippen LogP contribution >= 0.6 is 11.3 Å². The Labute approximate surface area is 116 Å². The van der Waals surface area contributed by atoms with Crippen LogP contribution in [0.1, 0.15) is 42.3 Å². The quantitative estimate of drug-likeness (QED) is 0.809. The zero-order valence-electron chi connectivity index (χ0n) is 10.7. The van der Waals surface area contributed by atoms with E-state index in [-0.39, 0.29) is 15.2 Å². The number of carboxylic acid groups (broad SMARTS) is 1. The highest BCUT2D eigenvalue weighted by Gasteiger charge is 2.42. The second kappa shape index (κ2) is 5.22. The van der Waals surface area contributed by atoms with Gasteiger partial charge in [0.25, 0.3) is 0 Å². The maximum atomic E-state index is 12.0. The van der Waals surface area contributed by atoms with Crippen LogP contribution in [0.5, 0.6) is 0 Å². The summed E-state index contributed by atoms with van der Waals surface area (Å²) in [7, 11) is -3.59. The molecule has 106 valence electrons. The SMILES string of the molecule is CCCC1(CNS(=O)(=O)c2csc(C(=O)O)c2)CC1. The summed E-state index contributed by atoms with van der Waals surface area (Å²) in [4.78, 5) is 10.8. The molecule has 0 radical (unpaired) electrons. The standard InChI is InChI=1S/C12H17NO4S2/c1-2-3-12(4-5-12)8-13-19(16,17)9-6-10(11(14)15)18-7-9/h6-7,13H,2-5,8H2,1H3,(H,14,15). The van der Waals surface area contributed by atoms with Crippen LogP contribution < -0.4 is 4.72 Å². The van der Waals surface area contributed by atoms with E-state index >= 15 is 0 Å². The molecule has 0 atom stereocenters. The minimum absolute atomic E-state index is 0.0371. The predicted octanol–water partition coefficient (Wildman–Crippen LogP) is 2.30. The number of thiophene rings is 1. The molecule has 1 fully saturated rings. The van der Waals surface area contributed by atoms with Crippen LogP contribution in [-0.4, -0.2) is 26.0 Å². The van der Waals surface area contributed by atoms with E-state index in [1.54, 1.807) is 0 Å². The van der Waals surface area contributed by atoms with Crippen molar-refractivity contribution in [2.24, 2.45) is 5.41 Å². The lowest BCUT2D eigenvalue weighted by atomic mass is 10.0. The molecular weight excluding hydrogens is 286 g/mol. The molecule has 1 aliphatic carbocycles. The number of hydrogen-bond acceptors (Lipinski definition) is 4. The second-order valence-corrected chi connectivity index (χ2v) is 7.70. The van der Waals surface area contributed by atoms with Crippen molar-refractivity contribution < 1.29 is 18.3 Å². The smallest absolute Gasteiger partial charge is 0.345 e. The van der Waals surface area contributed by atoms with Crippen LogP contribution in [0.2, 0.25) is 0 Å². The maximum absolute atomic E-state index is 12.0. The van der Waals surface area contributed by atoms with E-state index in [2.05, 4.69) is 11.6 Å². The Morgan fingerprint density at radius 3 is 2.68 bits per heavy atom. The lowest BCUT2D eigenvalue weighted by molar-refractivity contribution is 0.0702. The van der Waals surface area contributed by atoms with Crippen LogP contribution in [0.4, 0.5) is 0 Å². The summed E-state index contributed by atoms with van der Waals surface area (Å²) in [5.41, 5.74) is 0.132. The van der Waals surface area contributed by atoms with Crippen LogP contribution in [0.15, 0.2) is 16.3 Å². The molecule has 0 aliphatic heterocycles. The van der Waals surface area contributed by atoms with Gasteiger partial charge in [-0.15, -0.1) is 11.3 Å². The van der Waals surface area contributed by atoms with E-state index in [9.17, 15) is 13.2 Å². The van der Waals surface area contributed by atoms with Gasteiger partial charge in [0, 0.05) is 11.9 Å². The Morgan fingerprint density at radius 2 is 2.21 bits per heavy atom. The van der Waals surface area contributed by atoms with Crippen LogP contribution in [-0.2, 0) is 10.0 Å². The van der Waals surface area contributed by atoms with Crippen LogP contribution in [0.3, 0.4) is 0 Å². The van der Waals surface area contributed by atoms with Crippen molar-refractivity contribution in [1.29, 1.82) is 0 Å². The van der Waals surface area contributed by atoms with Crippen molar-refractivity contribution in [2.75, 3.05) is 6.54 Å². The molecule has 1 saturated carbocycles. The minimum Gasteiger partial charge on any atom is -0.477 e. The minimum atomic E-state index is -3.59. The molecule has 7 heteroatoms. The molecule has 1 aromatic heterocycles. The van der Waals surface area contributed by atoms with E-state index in [1.807, 2.05) is 0 Å². The number of hydrogen-bond donors (Lipinski definition) is 2. The van der Waals surface area contributed by atoms with Crippen molar-refractivity contribution >= 4 is 27.3 Å². The first-order valence-electron chi connectivity index (χ1n) is 6.20. The average molecular weight is 303 g/mol. The summed E-state index contributed by atoms with van der Waals surface area (Å²) < 4.78 is 26.7. The van der Waals surface area contributed by atoms with Gasteiger partial charge in [-0.25, -0.2) is 17.9 Å². The third-order valence-electron chi connectivity index (χ3n) is 3.47. The largest absolute Gasteiger partial charge is 0.477 e. The van der Waals surface area contributed by atoms with Gasteiger partial charge >= 0.3 is 5.97 Å². The fraction of sp³-hybridized carbons (Fsp3) is 0.583. The van der Waals surface area contributed by atoms with Gasteiger partial charge in [-0.2, -0.15) is 0 Å². The summed E-state index contributed by atoms with van der Waals surface area (Å²) in [6.07, 6.45) is 4.20. The summed E-state index contributed by atoms with van der Waals surface area (Å²) >= 11 is 0.925. The molecule has 0 spiro atoms. The van der Waals surface area contributed by atoms with Gasteiger partial charge in [0.1, 0.15) is 4.88 Å². The zero-order chi connectivity index (χ0) is 14.1. The molecular formula is C12H17NO4S2. The normalized spacial score (nSPS) is 17.3. The molecule has 5 nitrogen and oxygen atoms in total. The maximum Gasteiger partial charge on any atom is 0.345 e. The molecule has 0 amide bonds. The Hall–Kier alpha value is -0.920. The topological polar surface area (TPSA) is 83.5 Å². The van der Waals surface area contributed by atoms with Gasteiger partial charge in [0.15, 0.2) is 0 Å². The predicted molar refractivity (Wildman–Crippen MR) is 73.0 cm³/mol. The van der Waals surface area contributed by atoms with Crippen LogP contribution in [0.25, 0.3) is 0 Å². The van der Waals surface area contributed by atoms with Gasteiger partial charge in [0.05, 0.1) is 4.90 Å². The fourth-order valence-corrected chi connectivity index (χ4v) is 4.39. The third kappa shape index (κ3) is 3.34. The second-order valence-electron chi connectivity index (χ2n) is 5.03. The lowest BCUT2D eigenvalue weighted by Gasteiger charge is -2.14. The summed E-state index contributed by atoms with van der Waals surface area (Å²) in [5.74, 6) is -1.10. The van der Waals surface area contributed by atoms with E-state index in [0.717, 1.165) is 37.0 Å². The molecule has 2 rings (SSSR count). The van der Waals surface area contributed by atoms with Gasteiger partial charge in [-0.1, -0.05) is 13.3 Å². The number of rotatable bonds is 7. The third-order valence-corrected chi connectivity index (χ3v) is 5.92. The molecule has 1 aromatic rings. The highest BCUT2D eigenvalue weighted by Crippen LogP contribution is 2.49. The molecule has 0 saturated heterocycles. The number of nitrogens with one attached hydrogen (secondary N) is 1. The average Bonchev–Trinajstić information content (AvgIpc) is 2.92. The first-order valence-corrected chi connectivity index (χ1v) is 8.56. The molecule has 2 N–H and O–H groups in total. The number of aromatic carboxylic acids is 1. The summed E-state index contributed by atoms with van der Waals surface area (Å²) in [5, 5.41) is 10.2. The lowest BCUT2D eigenvalue weighted by Crippen LogP contribution is -2.30.